The third-order valence-electron chi connectivity index (χ3n) is 5.50. The average molecular weight is 380 g/mol. The monoisotopic (exact) mass is 380 g/mol. The summed E-state index contributed by atoms with van der Waals surface area (Å²) in [6, 6.07) is 7.54. The Kier molecular flexibility index (Phi) is 4.39. The second-order valence-electron chi connectivity index (χ2n) is 6.97. The molecule has 0 spiro atoms. The third kappa shape index (κ3) is 2.66. The zero-order valence-electron chi connectivity index (χ0n) is 15.4. The van der Waals surface area contributed by atoms with E-state index in [-0.39, 0.29) is 27.8 Å². The first-order valence-electron chi connectivity index (χ1n) is 9.23. The van der Waals surface area contributed by atoms with Gasteiger partial charge in [-0.15, -0.1) is 0 Å². The molecule has 0 atom stereocenters. The van der Waals surface area contributed by atoms with Gasteiger partial charge in [-0.05, 0) is 12.6 Å². The molecule has 2 aromatic rings. The SMILES string of the molecule is CCN1CCN(C(=O)c2cc3c(c(O)c2O)C(=O)c2ccccc2C3=O)CC1. The van der Waals surface area contributed by atoms with Crippen molar-refractivity contribution in [3.63, 3.8) is 0 Å². The smallest absolute Gasteiger partial charge is 0.257 e. The molecule has 1 aliphatic carbocycles. The van der Waals surface area contributed by atoms with Crippen LogP contribution in [0, 0.1) is 0 Å². The van der Waals surface area contributed by atoms with E-state index in [1.165, 1.54) is 18.2 Å². The lowest BCUT2D eigenvalue weighted by atomic mass is 9.82. The number of ketones is 2. The van der Waals surface area contributed by atoms with Crippen LogP contribution in [0.3, 0.4) is 0 Å². The van der Waals surface area contributed by atoms with Gasteiger partial charge in [0.2, 0.25) is 0 Å². The lowest BCUT2D eigenvalue weighted by Crippen LogP contribution is -2.48. The van der Waals surface area contributed by atoms with Crippen LogP contribution >= 0.6 is 0 Å². The first-order chi connectivity index (χ1) is 13.4. The summed E-state index contributed by atoms with van der Waals surface area (Å²) >= 11 is 0. The molecule has 1 saturated heterocycles. The van der Waals surface area contributed by atoms with Crippen molar-refractivity contribution in [3.05, 3.63) is 58.1 Å². The molecule has 0 radical (unpaired) electrons. The second-order valence-corrected chi connectivity index (χ2v) is 6.97. The van der Waals surface area contributed by atoms with Crippen LogP contribution in [0.5, 0.6) is 11.5 Å². The highest BCUT2D eigenvalue weighted by molar-refractivity contribution is 6.30. The van der Waals surface area contributed by atoms with Gasteiger partial charge < -0.3 is 20.0 Å². The molecule has 2 N–H and O–H groups in total. The maximum atomic E-state index is 12.9. The van der Waals surface area contributed by atoms with Crippen LogP contribution in [0.4, 0.5) is 0 Å². The molecule has 0 unspecified atom stereocenters. The van der Waals surface area contributed by atoms with Gasteiger partial charge in [0.05, 0.1) is 11.1 Å². The summed E-state index contributed by atoms with van der Waals surface area (Å²) in [5, 5.41) is 20.9. The third-order valence-corrected chi connectivity index (χ3v) is 5.50. The number of hydrogen-bond acceptors (Lipinski definition) is 6. The predicted octanol–water partition coefficient (Wildman–Crippen LogP) is 1.65. The molecule has 0 saturated carbocycles. The van der Waals surface area contributed by atoms with Crippen molar-refractivity contribution in [1.82, 2.24) is 9.80 Å². The van der Waals surface area contributed by atoms with Crippen LogP contribution in [0.1, 0.15) is 49.1 Å². The van der Waals surface area contributed by atoms with Crippen molar-refractivity contribution in [3.8, 4) is 11.5 Å². The maximum Gasteiger partial charge on any atom is 0.257 e. The zero-order chi connectivity index (χ0) is 20.0. The van der Waals surface area contributed by atoms with E-state index in [0.717, 1.165) is 6.54 Å². The first kappa shape index (κ1) is 18.2. The zero-order valence-corrected chi connectivity index (χ0v) is 15.4. The lowest BCUT2D eigenvalue weighted by molar-refractivity contribution is 0.0639. The molecule has 2 aromatic carbocycles. The summed E-state index contributed by atoms with van der Waals surface area (Å²) in [6.07, 6.45) is 0. The van der Waals surface area contributed by atoms with Crippen molar-refractivity contribution in [2.24, 2.45) is 0 Å². The molecule has 28 heavy (non-hydrogen) atoms. The summed E-state index contributed by atoms with van der Waals surface area (Å²) in [5.74, 6) is -2.85. The topological polar surface area (TPSA) is 98.2 Å². The predicted molar refractivity (Wildman–Crippen MR) is 101 cm³/mol. The molecule has 1 fully saturated rings. The van der Waals surface area contributed by atoms with Crippen LogP contribution in [0.15, 0.2) is 30.3 Å². The molecule has 1 heterocycles. The minimum atomic E-state index is -0.721. The minimum Gasteiger partial charge on any atom is -0.504 e. The molecule has 144 valence electrons. The van der Waals surface area contributed by atoms with Crippen molar-refractivity contribution in [1.29, 1.82) is 0 Å². The quantitative estimate of drug-likeness (QED) is 0.656. The van der Waals surface area contributed by atoms with Crippen LogP contribution in [0.25, 0.3) is 0 Å². The molecule has 1 amide bonds. The van der Waals surface area contributed by atoms with Crippen LogP contribution in [-0.2, 0) is 0 Å². The summed E-state index contributed by atoms with van der Waals surface area (Å²) < 4.78 is 0. The number of rotatable bonds is 2. The van der Waals surface area contributed by atoms with Crippen molar-refractivity contribution >= 4 is 17.5 Å². The van der Waals surface area contributed by atoms with E-state index in [1.807, 2.05) is 6.92 Å². The Morgan fingerprint density at radius 1 is 0.929 bits per heavy atom. The number of phenolic OH excluding ortho intramolecular Hbond substituents is 2. The number of amides is 1. The van der Waals surface area contributed by atoms with E-state index in [1.54, 1.807) is 17.0 Å². The van der Waals surface area contributed by atoms with Gasteiger partial charge in [-0.2, -0.15) is 0 Å². The van der Waals surface area contributed by atoms with Gasteiger partial charge in [-0.25, -0.2) is 0 Å². The normalized spacial score (nSPS) is 16.7. The van der Waals surface area contributed by atoms with E-state index in [0.29, 0.717) is 26.2 Å². The minimum absolute atomic E-state index is 0.0606. The van der Waals surface area contributed by atoms with Crippen molar-refractivity contribution in [2.75, 3.05) is 32.7 Å². The highest BCUT2D eigenvalue weighted by atomic mass is 16.3. The second kappa shape index (κ2) is 6.76. The van der Waals surface area contributed by atoms with Crippen LogP contribution in [0.2, 0.25) is 0 Å². The van der Waals surface area contributed by atoms with Gasteiger partial charge in [0, 0.05) is 42.9 Å². The molecule has 4 rings (SSSR count). The molecule has 7 nitrogen and oxygen atoms in total. The molecule has 0 bridgehead atoms. The first-order valence-corrected chi connectivity index (χ1v) is 9.23. The number of piperazine rings is 1. The Morgan fingerprint density at radius 2 is 1.54 bits per heavy atom. The van der Waals surface area contributed by atoms with Crippen LogP contribution in [-0.4, -0.2) is 70.2 Å². The average Bonchev–Trinajstić information content (AvgIpc) is 2.73. The number of phenols is 2. The largest absolute Gasteiger partial charge is 0.504 e. The summed E-state index contributed by atoms with van der Waals surface area (Å²) in [6.45, 7) is 5.34. The van der Waals surface area contributed by atoms with Gasteiger partial charge in [-0.1, -0.05) is 31.2 Å². The fourth-order valence-electron chi connectivity index (χ4n) is 3.83. The molecular formula is C21H20N2O5. The van der Waals surface area contributed by atoms with E-state index in [4.69, 9.17) is 0 Å². The number of carbonyl (C=O) groups excluding carboxylic acids is 3. The Bertz CT molecular complexity index is 1010. The van der Waals surface area contributed by atoms with E-state index in [2.05, 4.69) is 4.90 Å². The van der Waals surface area contributed by atoms with E-state index < -0.39 is 29.0 Å². The standard InChI is InChI=1S/C21H20N2O5/c1-2-22-7-9-23(10-8-22)21(28)15-11-14-16(20(27)19(15)26)18(25)13-6-4-3-5-12(13)17(14)24/h3-6,11,26-27H,2,7-10H2,1H3. The fraction of sp³-hybridized carbons (Fsp3) is 0.286. The van der Waals surface area contributed by atoms with E-state index >= 15 is 0 Å². The Morgan fingerprint density at radius 3 is 2.14 bits per heavy atom. The Balaban J connectivity index is 1.76. The number of fused-ring (bicyclic) bond motifs is 2. The number of carbonyl (C=O) groups is 3. The number of likely N-dealkylation sites (N-methyl/N-ethyl adjacent to an activating group) is 1. The molecule has 0 aromatic heterocycles. The van der Waals surface area contributed by atoms with Crippen LogP contribution < -0.4 is 0 Å². The summed E-state index contributed by atoms with van der Waals surface area (Å²) in [5.41, 5.74) is -0.0886. The van der Waals surface area contributed by atoms with Gasteiger partial charge in [0.15, 0.2) is 23.1 Å². The van der Waals surface area contributed by atoms with E-state index in [9.17, 15) is 24.6 Å². The number of nitrogens with zero attached hydrogens (tertiary/aromatic N) is 2. The molecular weight excluding hydrogens is 360 g/mol. The highest BCUT2D eigenvalue weighted by Crippen LogP contribution is 2.41. The summed E-state index contributed by atoms with van der Waals surface area (Å²) in [7, 11) is 0. The fourth-order valence-corrected chi connectivity index (χ4v) is 3.83. The molecule has 2 aliphatic rings. The van der Waals surface area contributed by atoms with Crippen molar-refractivity contribution in [2.45, 2.75) is 6.92 Å². The Hall–Kier alpha value is -3.19. The van der Waals surface area contributed by atoms with Crippen molar-refractivity contribution < 1.29 is 24.6 Å². The number of aromatic hydroxyl groups is 2. The number of benzene rings is 2. The maximum absolute atomic E-state index is 12.9. The lowest BCUT2D eigenvalue weighted by Gasteiger charge is -2.34. The summed E-state index contributed by atoms with van der Waals surface area (Å²) in [4.78, 5) is 42.3. The van der Waals surface area contributed by atoms with Gasteiger partial charge in [0.1, 0.15) is 0 Å². The van der Waals surface area contributed by atoms with Gasteiger partial charge in [-0.3, -0.25) is 14.4 Å². The molecule has 7 heteroatoms. The van der Waals surface area contributed by atoms with Gasteiger partial charge >= 0.3 is 0 Å². The Labute approximate surface area is 161 Å². The van der Waals surface area contributed by atoms with Gasteiger partial charge in [0.25, 0.3) is 5.91 Å². The molecule has 1 aliphatic heterocycles. The highest BCUT2D eigenvalue weighted by Gasteiger charge is 2.36. The number of hydrogen-bond donors (Lipinski definition) is 2.